The summed E-state index contributed by atoms with van der Waals surface area (Å²) in [4.78, 5) is 19.3. The van der Waals surface area contributed by atoms with Crippen molar-refractivity contribution in [3.63, 3.8) is 0 Å². The third kappa shape index (κ3) is 7.29. The Hall–Kier alpha value is -2.98. The number of amides is 1. The summed E-state index contributed by atoms with van der Waals surface area (Å²) in [5.74, 6) is 0.473. The smallest absolute Gasteiger partial charge is 0.385 e. The summed E-state index contributed by atoms with van der Waals surface area (Å²) in [6.45, 7) is 4.27. The second kappa shape index (κ2) is 12.5. The predicted molar refractivity (Wildman–Crippen MR) is 144 cm³/mol. The molecule has 0 atom stereocenters. The van der Waals surface area contributed by atoms with Crippen molar-refractivity contribution in [3.8, 4) is 0 Å². The molecule has 0 radical (unpaired) electrons. The number of piperazine rings is 1. The lowest BCUT2D eigenvalue weighted by Gasteiger charge is -2.30. The van der Waals surface area contributed by atoms with Crippen molar-refractivity contribution in [2.45, 2.75) is 36.8 Å². The van der Waals surface area contributed by atoms with Crippen molar-refractivity contribution < 1.29 is 18.0 Å². The van der Waals surface area contributed by atoms with Gasteiger partial charge in [0.05, 0.1) is 16.6 Å². The fraction of sp³-hybridized carbons (Fsp3) is 0.407. The summed E-state index contributed by atoms with van der Waals surface area (Å²) < 4.78 is 38.9. The van der Waals surface area contributed by atoms with Gasteiger partial charge in [-0.15, -0.1) is 11.8 Å². The Morgan fingerprint density at radius 3 is 2.59 bits per heavy atom. The van der Waals surface area contributed by atoms with Crippen LogP contribution in [0.25, 0.3) is 10.9 Å². The molecule has 198 valence electrons. The normalized spacial score (nSPS) is 14.2. The molecule has 4 rings (SSSR count). The number of hydrogen-bond acceptors (Lipinski definition) is 6. The van der Waals surface area contributed by atoms with E-state index in [2.05, 4.69) is 20.5 Å². The van der Waals surface area contributed by atoms with Crippen molar-refractivity contribution in [3.05, 3.63) is 59.8 Å². The number of hydrogen-bond donors (Lipinski definition) is 3. The lowest BCUT2D eigenvalue weighted by atomic mass is 10.1. The van der Waals surface area contributed by atoms with E-state index in [9.17, 15) is 18.0 Å². The number of primary amides is 1. The molecule has 0 saturated carbocycles. The van der Waals surface area contributed by atoms with Gasteiger partial charge in [0, 0.05) is 60.6 Å². The predicted octanol–water partition coefficient (Wildman–Crippen LogP) is 5.53. The van der Waals surface area contributed by atoms with Crippen LogP contribution in [0.1, 0.15) is 41.6 Å². The first-order valence-electron chi connectivity index (χ1n) is 12.5. The molecular weight excluding hydrogens is 499 g/mol. The fourth-order valence-corrected chi connectivity index (χ4v) is 5.50. The van der Waals surface area contributed by atoms with E-state index in [1.807, 2.05) is 24.3 Å². The van der Waals surface area contributed by atoms with Crippen molar-refractivity contribution >= 4 is 39.9 Å². The summed E-state index contributed by atoms with van der Waals surface area (Å²) in [6.07, 6.45) is 1.32. The summed E-state index contributed by atoms with van der Waals surface area (Å²) >= 11 is 1.65. The van der Waals surface area contributed by atoms with Gasteiger partial charge in [-0.3, -0.25) is 9.78 Å². The summed E-state index contributed by atoms with van der Waals surface area (Å²) in [7, 11) is 0. The molecule has 0 aliphatic carbocycles. The average Bonchev–Trinajstić information content (AvgIpc) is 2.89. The number of anilines is 2. The molecule has 1 fully saturated rings. The van der Waals surface area contributed by atoms with Crippen LogP contribution in [-0.2, 0) is 6.18 Å². The van der Waals surface area contributed by atoms with Crippen LogP contribution in [0.15, 0.2) is 53.6 Å². The van der Waals surface area contributed by atoms with Gasteiger partial charge in [-0.25, -0.2) is 0 Å². The van der Waals surface area contributed by atoms with Gasteiger partial charge < -0.3 is 21.3 Å². The third-order valence-corrected chi connectivity index (χ3v) is 7.57. The lowest BCUT2D eigenvalue weighted by molar-refractivity contribution is -0.137. The highest BCUT2D eigenvalue weighted by molar-refractivity contribution is 7.99. The van der Waals surface area contributed by atoms with E-state index >= 15 is 0 Å². The second-order valence-electron chi connectivity index (χ2n) is 9.06. The maximum absolute atomic E-state index is 13.0. The molecule has 3 aromatic rings. The highest BCUT2D eigenvalue weighted by Gasteiger charge is 2.30. The minimum Gasteiger partial charge on any atom is -0.385 e. The Morgan fingerprint density at radius 1 is 1.05 bits per heavy atom. The number of halogens is 3. The van der Waals surface area contributed by atoms with E-state index in [0.717, 1.165) is 97.9 Å². The first-order chi connectivity index (χ1) is 17.8. The van der Waals surface area contributed by atoms with Crippen LogP contribution in [-0.4, -0.2) is 49.4 Å². The zero-order valence-corrected chi connectivity index (χ0v) is 21.4. The average molecular weight is 532 g/mol. The van der Waals surface area contributed by atoms with Gasteiger partial charge in [0.2, 0.25) is 0 Å². The maximum atomic E-state index is 13.0. The van der Waals surface area contributed by atoms with Crippen LogP contribution in [0.4, 0.5) is 24.5 Å². The SMILES string of the molecule is NC(=O)c1cc(NCCCCCCSc2ccnc3cc(C(F)(F)F)ccc23)ccc1N1CCNCC1. The number of pyridine rings is 1. The number of fused-ring (bicyclic) bond motifs is 1. The largest absolute Gasteiger partial charge is 0.416 e. The highest BCUT2D eigenvalue weighted by atomic mass is 32.2. The van der Waals surface area contributed by atoms with Gasteiger partial charge in [-0.1, -0.05) is 18.9 Å². The number of unbranched alkanes of at least 4 members (excludes halogenated alkanes) is 3. The van der Waals surface area contributed by atoms with E-state index in [-0.39, 0.29) is 0 Å². The minimum absolute atomic E-state index is 0.367. The molecule has 1 amide bonds. The van der Waals surface area contributed by atoms with Crippen molar-refractivity contribution in [2.75, 3.05) is 48.7 Å². The Labute approximate surface area is 219 Å². The number of carbonyl (C=O) groups is 1. The van der Waals surface area contributed by atoms with Gasteiger partial charge in [0.1, 0.15) is 0 Å². The summed E-state index contributed by atoms with van der Waals surface area (Å²) in [5.41, 5.74) is 7.66. The number of nitrogens with two attached hydrogens (primary N) is 1. The Bertz CT molecular complexity index is 1210. The topological polar surface area (TPSA) is 83.3 Å². The minimum atomic E-state index is -4.37. The van der Waals surface area contributed by atoms with Gasteiger partial charge in [-0.05, 0) is 55.0 Å². The lowest BCUT2D eigenvalue weighted by Crippen LogP contribution is -2.44. The monoisotopic (exact) mass is 531 g/mol. The Morgan fingerprint density at radius 2 is 1.84 bits per heavy atom. The van der Waals surface area contributed by atoms with Crippen LogP contribution in [0.5, 0.6) is 0 Å². The molecule has 10 heteroatoms. The maximum Gasteiger partial charge on any atom is 0.416 e. The number of nitrogens with one attached hydrogen (secondary N) is 2. The fourth-order valence-electron chi connectivity index (χ4n) is 4.44. The van der Waals surface area contributed by atoms with E-state index in [1.165, 1.54) is 6.07 Å². The molecule has 4 N–H and O–H groups in total. The summed E-state index contributed by atoms with van der Waals surface area (Å²) in [5, 5.41) is 7.45. The molecule has 37 heavy (non-hydrogen) atoms. The highest BCUT2D eigenvalue weighted by Crippen LogP contribution is 2.34. The van der Waals surface area contributed by atoms with Crippen LogP contribution < -0.4 is 21.3 Å². The molecule has 1 aliphatic heterocycles. The molecule has 2 heterocycles. The zero-order chi connectivity index (χ0) is 26.3. The van der Waals surface area contributed by atoms with Crippen LogP contribution in [0.3, 0.4) is 0 Å². The molecule has 0 bridgehead atoms. The molecule has 0 unspecified atom stereocenters. The van der Waals surface area contributed by atoms with Crippen molar-refractivity contribution in [1.29, 1.82) is 0 Å². The zero-order valence-electron chi connectivity index (χ0n) is 20.6. The molecular formula is C27H32F3N5OS. The summed E-state index contributed by atoms with van der Waals surface area (Å²) in [6, 6.07) is 11.4. The first-order valence-corrected chi connectivity index (χ1v) is 13.5. The molecule has 1 aromatic heterocycles. The van der Waals surface area contributed by atoms with E-state index < -0.39 is 17.6 Å². The third-order valence-electron chi connectivity index (χ3n) is 6.41. The molecule has 2 aromatic carbocycles. The van der Waals surface area contributed by atoms with Crippen molar-refractivity contribution in [2.24, 2.45) is 5.73 Å². The number of thioether (sulfide) groups is 1. The van der Waals surface area contributed by atoms with Gasteiger partial charge in [0.15, 0.2) is 0 Å². The Balaban J connectivity index is 1.19. The number of nitrogens with zero attached hydrogens (tertiary/aromatic N) is 2. The molecule has 1 saturated heterocycles. The van der Waals surface area contributed by atoms with E-state index in [0.29, 0.717) is 11.1 Å². The van der Waals surface area contributed by atoms with Gasteiger partial charge in [0.25, 0.3) is 5.91 Å². The van der Waals surface area contributed by atoms with Gasteiger partial charge in [-0.2, -0.15) is 13.2 Å². The van der Waals surface area contributed by atoms with Gasteiger partial charge >= 0.3 is 6.18 Å². The number of rotatable bonds is 11. The first kappa shape index (κ1) is 27.1. The van der Waals surface area contributed by atoms with Crippen LogP contribution in [0.2, 0.25) is 0 Å². The Kier molecular flexibility index (Phi) is 9.15. The van der Waals surface area contributed by atoms with Crippen molar-refractivity contribution in [1.82, 2.24) is 10.3 Å². The van der Waals surface area contributed by atoms with Crippen LogP contribution in [0, 0.1) is 0 Å². The molecule has 0 spiro atoms. The van der Waals surface area contributed by atoms with E-state index in [1.54, 1.807) is 18.0 Å². The van der Waals surface area contributed by atoms with Crippen LogP contribution >= 0.6 is 11.8 Å². The number of benzene rings is 2. The standard InChI is InChI=1S/C27H32F3N5OS/c28-27(29,30)19-5-7-21-23(17-19)34-11-9-25(21)37-16-4-2-1-3-10-33-20-6-8-24(22(18-20)26(31)36)35-14-12-32-13-15-35/h5-9,11,17-18,32-33H,1-4,10,12-16H2,(H2,31,36). The molecule has 1 aliphatic rings. The number of alkyl halides is 3. The number of carbonyl (C=O) groups excluding carboxylic acids is 1. The number of aromatic nitrogens is 1. The van der Waals surface area contributed by atoms with E-state index in [4.69, 9.17) is 5.73 Å². The molecule has 6 nitrogen and oxygen atoms in total. The quantitative estimate of drug-likeness (QED) is 0.223. The second-order valence-corrected chi connectivity index (χ2v) is 10.2.